The summed E-state index contributed by atoms with van der Waals surface area (Å²) in [5.41, 5.74) is 0.704. The van der Waals surface area contributed by atoms with Crippen LogP contribution in [-0.2, 0) is 6.18 Å². The number of H-pyrrole nitrogens is 1. The minimum Gasteiger partial charge on any atom is -0.494 e. The summed E-state index contributed by atoms with van der Waals surface area (Å²) in [5, 5.41) is 11.1. The van der Waals surface area contributed by atoms with Gasteiger partial charge in [0.05, 0.1) is 16.8 Å². The van der Waals surface area contributed by atoms with Gasteiger partial charge in [-0.15, -0.1) is 0 Å². The molecule has 0 unspecified atom stereocenters. The predicted octanol–water partition coefficient (Wildman–Crippen LogP) is 5.30. The monoisotopic (exact) mass is 338 g/mol. The zero-order valence-electron chi connectivity index (χ0n) is 11.5. The van der Waals surface area contributed by atoms with Crippen molar-refractivity contribution in [3.05, 3.63) is 58.6 Å². The fourth-order valence-electron chi connectivity index (χ4n) is 2.18. The highest BCUT2D eigenvalue weighted by atomic mass is 35.5. The molecule has 3 rings (SSSR count). The summed E-state index contributed by atoms with van der Waals surface area (Å²) in [5.74, 6) is -0.0853. The van der Waals surface area contributed by atoms with Crippen molar-refractivity contribution >= 4 is 34.4 Å². The van der Waals surface area contributed by atoms with Gasteiger partial charge in [0.2, 0.25) is 0 Å². The number of hydrogen-bond acceptors (Lipinski definition) is 2. The maximum Gasteiger partial charge on any atom is 0.416 e. The van der Waals surface area contributed by atoms with Crippen molar-refractivity contribution in [3.8, 4) is 5.88 Å². The van der Waals surface area contributed by atoms with E-state index < -0.39 is 11.7 Å². The first-order chi connectivity index (χ1) is 10.8. The second kappa shape index (κ2) is 5.62. The van der Waals surface area contributed by atoms with Crippen LogP contribution in [0.1, 0.15) is 11.1 Å². The van der Waals surface area contributed by atoms with Gasteiger partial charge in [0.25, 0.3) is 0 Å². The molecule has 2 aromatic carbocycles. The SMILES string of the molecule is Oc1[nH]c2ccc(Cl)cc2c1C=Nc1ccc(C(F)(F)F)cc1. The van der Waals surface area contributed by atoms with E-state index in [2.05, 4.69) is 9.98 Å². The first kappa shape index (κ1) is 15.4. The van der Waals surface area contributed by atoms with Crippen molar-refractivity contribution < 1.29 is 18.3 Å². The van der Waals surface area contributed by atoms with E-state index in [1.165, 1.54) is 18.3 Å². The largest absolute Gasteiger partial charge is 0.494 e. The van der Waals surface area contributed by atoms with Crippen LogP contribution in [0.2, 0.25) is 5.02 Å². The maximum absolute atomic E-state index is 12.5. The Morgan fingerprint density at radius 1 is 1.09 bits per heavy atom. The van der Waals surface area contributed by atoms with Gasteiger partial charge in [-0.1, -0.05) is 11.6 Å². The van der Waals surface area contributed by atoms with Crippen molar-refractivity contribution in [1.82, 2.24) is 4.98 Å². The number of alkyl halides is 3. The molecular formula is C16H10ClF3N2O. The maximum atomic E-state index is 12.5. The Morgan fingerprint density at radius 3 is 2.43 bits per heavy atom. The van der Waals surface area contributed by atoms with E-state index in [-0.39, 0.29) is 5.88 Å². The molecule has 0 aliphatic carbocycles. The zero-order chi connectivity index (χ0) is 16.6. The third-order valence-corrected chi connectivity index (χ3v) is 3.55. The molecule has 3 nitrogen and oxygen atoms in total. The molecule has 0 fully saturated rings. The Labute approximate surface area is 134 Å². The summed E-state index contributed by atoms with van der Waals surface area (Å²) in [6.07, 6.45) is -3.00. The number of halogens is 4. The molecule has 7 heteroatoms. The number of aromatic nitrogens is 1. The fraction of sp³-hybridized carbons (Fsp3) is 0.0625. The van der Waals surface area contributed by atoms with Crippen LogP contribution in [0.25, 0.3) is 10.9 Å². The van der Waals surface area contributed by atoms with Gasteiger partial charge in [0.1, 0.15) is 0 Å². The van der Waals surface area contributed by atoms with Crippen molar-refractivity contribution in [3.63, 3.8) is 0 Å². The van der Waals surface area contributed by atoms with Crippen molar-refractivity contribution in [2.45, 2.75) is 6.18 Å². The molecule has 0 saturated carbocycles. The number of fused-ring (bicyclic) bond motifs is 1. The average molecular weight is 339 g/mol. The molecule has 0 spiro atoms. The van der Waals surface area contributed by atoms with Crippen LogP contribution in [0, 0.1) is 0 Å². The molecule has 1 heterocycles. The van der Waals surface area contributed by atoms with E-state index in [0.29, 0.717) is 27.2 Å². The number of benzene rings is 2. The number of rotatable bonds is 2. The quantitative estimate of drug-likeness (QED) is 0.612. The van der Waals surface area contributed by atoms with Crippen LogP contribution in [0.4, 0.5) is 18.9 Å². The van der Waals surface area contributed by atoms with Gasteiger partial charge in [-0.3, -0.25) is 4.99 Å². The van der Waals surface area contributed by atoms with Gasteiger partial charge in [0, 0.05) is 22.1 Å². The van der Waals surface area contributed by atoms with Crippen LogP contribution < -0.4 is 0 Å². The van der Waals surface area contributed by atoms with Crippen molar-refractivity contribution in [1.29, 1.82) is 0 Å². The lowest BCUT2D eigenvalue weighted by atomic mass is 10.2. The van der Waals surface area contributed by atoms with Gasteiger partial charge in [-0.05, 0) is 42.5 Å². The van der Waals surface area contributed by atoms with E-state index in [0.717, 1.165) is 12.1 Å². The number of aromatic hydroxyl groups is 1. The molecule has 0 saturated heterocycles. The highest BCUT2D eigenvalue weighted by molar-refractivity contribution is 6.31. The summed E-state index contributed by atoms with van der Waals surface area (Å²) >= 11 is 5.93. The smallest absolute Gasteiger partial charge is 0.416 e. The molecule has 118 valence electrons. The van der Waals surface area contributed by atoms with Crippen LogP contribution in [-0.4, -0.2) is 16.3 Å². The Balaban J connectivity index is 1.94. The van der Waals surface area contributed by atoms with Crippen LogP contribution in [0.5, 0.6) is 5.88 Å². The molecular weight excluding hydrogens is 329 g/mol. The van der Waals surface area contributed by atoms with E-state index in [1.54, 1.807) is 18.2 Å². The third-order valence-electron chi connectivity index (χ3n) is 3.32. The average Bonchev–Trinajstić information content (AvgIpc) is 2.79. The highest BCUT2D eigenvalue weighted by Gasteiger charge is 2.29. The summed E-state index contributed by atoms with van der Waals surface area (Å²) in [7, 11) is 0. The standard InChI is InChI=1S/C16H10ClF3N2O/c17-10-3-6-14-12(7-10)13(15(23)22-14)8-21-11-4-1-9(2-5-11)16(18,19)20/h1-8,22-23H. The Bertz CT molecular complexity index is 883. The lowest BCUT2D eigenvalue weighted by Gasteiger charge is -2.05. The summed E-state index contributed by atoms with van der Waals surface area (Å²) < 4.78 is 37.5. The van der Waals surface area contributed by atoms with E-state index >= 15 is 0 Å². The third kappa shape index (κ3) is 3.17. The predicted molar refractivity (Wildman–Crippen MR) is 83.7 cm³/mol. The molecule has 0 aliphatic heterocycles. The van der Waals surface area contributed by atoms with Crippen LogP contribution in [0.3, 0.4) is 0 Å². The summed E-state index contributed by atoms with van der Waals surface area (Å²) in [4.78, 5) is 6.87. The van der Waals surface area contributed by atoms with Gasteiger partial charge in [-0.25, -0.2) is 0 Å². The van der Waals surface area contributed by atoms with Gasteiger partial charge < -0.3 is 10.1 Å². The molecule has 0 bridgehead atoms. The molecule has 0 radical (unpaired) electrons. The van der Waals surface area contributed by atoms with Gasteiger partial charge in [0.15, 0.2) is 5.88 Å². The Kier molecular flexibility index (Phi) is 3.77. The van der Waals surface area contributed by atoms with E-state index in [4.69, 9.17) is 11.6 Å². The number of nitrogens with one attached hydrogen (secondary N) is 1. The molecule has 1 aromatic heterocycles. The summed E-state index contributed by atoms with van der Waals surface area (Å²) in [6.45, 7) is 0. The van der Waals surface area contributed by atoms with E-state index in [1.807, 2.05) is 0 Å². The molecule has 3 aromatic rings. The van der Waals surface area contributed by atoms with Gasteiger partial charge >= 0.3 is 6.18 Å². The molecule has 0 amide bonds. The fourth-order valence-corrected chi connectivity index (χ4v) is 2.35. The number of nitrogens with zero attached hydrogens (tertiary/aromatic N) is 1. The lowest BCUT2D eigenvalue weighted by molar-refractivity contribution is -0.137. The van der Waals surface area contributed by atoms with Crippen molar-refractivity contribution in [2.24, 2.45) is 4.99 Å². The van der Waals surface area contributed by atoms with Gasteiger partial charge in [-0.2, -0.15) is 13.2 Å². The minimum atomic E-state index is -4.38. The lowest BCUT2D eigenvalue weighted by Crippen LogP contribution is -2.03. The minimum absolute atomic E-state index is 0.0853. The molecule has 2 N–H and O–H groups in total. The second-order valence-electron chi connectivity index (χ2n) is 4.88. The second-order valence-corrected chi connectivity index (χ2v) is 5.32. The van der Waals surface area contributed by atoms with E-state index in [9.17, 15) is 18.3 Å². The highest BCUT2D eigenvalue weighted by Crippen LogP contribution is 2.31. The van der Waals surface area contributed by atoms with Crippen molar-refractivity contribution in [2.75, 3.05) is 0 Å². The number of hydrogen-bond donors (Lipinski definition) is 2. The Morgan fingerprint density at radius 2 is 1.78 bits per heavy atom. The zero-order valence-corrected chi connectivity index (χ0v) is 12.3. The molecule has 0 aliphatic rings. The normalized spacial score (nSPS) is 12.3. The topological polar surface area (TPSA) is 48.4 Å². The molecule has 23 heavy (non-hydrogen) atoms. The summed E-state index contributed by atoms with van der Waals surface area (Å²) in [6, 6.07) is 9.50. The Hall–Kier alpha value is -2.47. The number of aliphatic imine (C=N–C) groups is 1. The first-order valence-electron chi connectivity index (χ1n) is 6.56. The first-order valence-corrected chi connectivity index (χ1v) is 6.94. The molecule has 0 atom stereocenters. The van der Waals surface area contributed by atoms with Crippen LogP contribution in [0.15, 0.2) is 47.5 Å². The number of aromatic amines is 1. The van der Waals surface area contributed by atoms with Crippen LogP contribution >= 0.6 is 11.6 Å².